The topological polar surface area (TPSA) is 29.3 Å². The molecular weight excluding hydrogens is 246 g/mol. The van der Waals surface area contributed by atoms with E-state index in [9.17, 15) is 8.78 Å². The van der Waals surface area contributed by atoms with Gasteiger partial charge in [-0.1, -0.05) is 0 Å². The molecular formula is C15H16F2N2. The molecule has 2 N–H and O–H groups in total. The third kappa shape index (κ3) is 2.52. The second-order valence-electron chi connectivity index (χ2n) is 4.65. The third-order valence-electron chi connectivity index (χ3n) is 3.28. The van der Waals surface area contributed by atoms with Crippen molar-refractivity contribution in [3.05, 3.63) is 53.1 Å². The predicted octanol–water partition coefficient (Wildman–Crippen LogP) is 3.93. The van der Waals surface area contributed by atoms with Crippen molar-refractivity contribution in [1.29, 1.82) is 0 Å². The highest BCUT2D eigenvalue weighted by molar-refractivity contribution is 5.76. The van der Waals surface area contributed by atoms with E-state index in [1.165, 1.54) is 12.1 Å². The minimum Gasteiger partial charge on any atom is -0.397 e. The van der Waals surface area contributed by atoms with Gasteiger partial charge in [0, 0.05) is 13.1 Å². The Morgan fingerprint density at radius 2 is 1.58 bits per heavy atom. The molecule has 0 aliphatic heterocycles. The number of aryl methyl sites for hydroxylation is 2. The third-order valence-corrected chi connectivity index (χ3v) is 3.28. The van der Waals surface area contributed by atoms with Gasteiger partial charge in [0.05, 0.1) is 17.1 Å². The molecule has 100 valence electrons. The molecule has 19 heavy (non-hydrogen) atoms. The normalized spacial score (nSPS) is 10.6. The zero-order chi connectivity index (χ0) is 14.2. The molecule has 2 aromatic carbocycles. The smallest absolute Gasteiger partial charge is 0.149 e. The Bertz CT molecular complexity index is 624. The van der Waals surface area contributed by atoms with E-state index in [1.54, 1.807) is 11.9 Å². The monoisotopic (exact) mass is 262 g/mol. The molecule has 0 fully saturated rings. The summed E-state index contributed by atoms with van der Waals surface area (Å²) < 4.78 is 26.7. The first-order chi connectivity index (χ1) is 8.90. The second-order valence-corrected chi connectivity index (χ2v) is 4.65. The molecule has 0 amide bonds. The van der Waals surface area contributed by atoms with Crippen molar-refractivity contribution < 1.29 is 8.78 Å². The number of halogens is 2. The van der Waals surface area contributed by atoms with Crippen molar-refractivity contribution in [3.63, 3.8) is 0 Å². The lowest BCUT2D eigenvalue weighted by Crippen LogP contribution is -2.14. The van der Waals surface area contributed by atoms with E-state index in [2.05, 4.69) is 0 Å². The maximum atomic E-state index is 13.8. The first-order valence-electron chi connectivity index (χ1n) is 5.95. The summed E-state index contributed by atoms with van der Waals surface area (Å²) >= 11 is 0. The second kappa shape index (κ2) is 4.88. The van der Waals surface area contributed by atoms with Crippen LogP contribution in [0.25, 0.3) is 0 Å². The highest BCUT2D eigenvalue weighted by Gasteiger charge is 2.13. The highest BCUT2D eigenvalue weighted by atomic mass is 19.1. The van der Waals surface area contributed by atoms with Gasteiger partial charge >= 0.3 is 0 Å². The van der Waals surface area contributed by atoms with E-state index in [4.69, 9.17) is 5.73 Å². The fraction of sp³-hybridized carbons (Fsp3) is 0.200. The first kappa shape index (κ1) is 13.3. The average Bonchev–Trinajstić information content (AvgIpc) is 2.33. The van der Waals surface area contributed by atoms with Crippen molar-refractivity contribution in [2.75, 3.05) is 17.7 Å². The Labute approximate surface area is 111 Å². The summed E-state index contributed by atoms with van der Waals surface area (Å²) in [6.45, 7) is 3.93. The molecule has 2 nitrogen and oxygen atoms in total. The van der Waals surface area contributed by atoms with Crippen LogP contribution in [0.5, 0.6) is 0 Å². The summed E-state index contributed by atoms with van der Waals surface area (Å²) in [5, 5.41) is 0. The standard InChI is InChI=1S/C15H16F2N2/c1-9-6-13(18)15(7-10(9)2)19(3)14-5-4-11(16)8-12(14)17/h4-8H,18H2,1-3H3. The van der Waals surface area contributed by atoms with Gasteiger partial charge in [-0.3, -0.25) is 0 Å². The molecule has 0 aromatic heterocycles. The maximum absolute atomic E-state index is 13.8. The minimum absolute atomic E-state index is 0.288. The van der Waals surface area contributed by atoms with Gasteiger partial charge in [0.15, 0.2) is 0 Å². The van der Waals surface area contributed by atoms with Gasteiger partial charge in [-0.25, -0.2) is 8.78 Å². The van der Waals surface area contributed by atoms with Crippen LogP contribution in [0.1, 0.15) is 11.1 Å². The lowest BCUT2D eigenvalue weighted by molar-refractivity contribution is 0.583. The van der Waals surface area contributed by atoms with Gasteiger partial charge in [-0.15, -0.1) is 0 Å². The molecule has 0 unspecified atom stereocenters. The van der Waals surface area contributed by atoms with Crippen LogP contribution in [0, 0.1) is 25.5 Å². The highest BCUT2D eigenvalue weighted by Crippen LogP contribution is 2.32. The number of nitrogens with zero attached hydrogens (tertiary/aromatic N) is 1. The zero-order valence-corrected chi connectivity index (χ0v) is 11.2. The lowest BCUT2D eigenvalue weighted by atomic mass is 10.1. The van der Waals surface area contributed by atoms with E-state index < -0.39 is 11.6 Å². The van der Waals surface area contributed by atoms with Crippen LogP contribution < -0.4 is 10.6 Å². The van der Waals surface area contributed by atoms with Gasteiger partial charge in [0.1, 0.15) is 11.6 Å². The van der Waals surface area contributed by atoms with Crippen LogP contribution in [-0.4, -0.2) is 7.05 Å². The van der Waals surface area contributed by atoms with E-state index >= 15 is 0 Å². The molecule has 2 rings (SSSR count). The Hall–Kier alpha value is -2.10. The van der Waals surface area contributed by atoms with Crippen LogP contribution in [-0.2, 0) is 0 Å². The van der Waals surface area contributed by atoms with Gasteiger partial charge in [-0.2, -0.15) is 0 Å². The molecule has 0 saturated heterocycles. The summed E-state index contributed by atoms with van der Waals surface area (Å²) in [6.07, 6.45) is 0. The number of nitrogen functional groups attached to an aromatic ring is 1. The minimum atomic E-state index is -0.611. The molecule has 0 aliphatic rings. The van der Waals surface area contributed by atoms with Crippen LogP contribution in [0.4, 0.5) is 25.8 Å². The maximum Gasteiger partial charge on any atom is 0.149 e. The summed E-state index contributed by atoms with van der Waals surface area (Å²) in [6, 6.07) is 7.24. The molecule has 0 heterocycles. The molecule has 4 heteroatoms. The Kier molecular flexibility index (Phi) is 3.42. The Balaban J connectivity index is 2.49. The Morgan fingerprint density at radius 1 is 0.947 bits per heavy atom. The van der Waals surface area contributed by atoms with E-state index in [1.807, 2.05) is 26.0 Å². The van der Waals surface area contributed by atoms with Crippen LogP contribution >= 0.6 is 0 Å². The molecule has 0 atom stereocenters. The summed E-state index contributed by atoms with van der Waals surface area (Å²) in [7, 11) is 1.71. The molecule has 0 radical (unpaired) electrons. The van der Waals surface area contributed by atoms with Crippen LogP contribution in [0.15, 0.2) is 30.3 Å². The number of hydrogen-bond acceptors (Lipinski definition) is 2. The van der Waals surface area contributed by atoms with Crippen molar-refractivity contribution in [3.8, 4) is 0 Å². The van der Waals surface area contributed by atoms with Crippen molar-refractivity contribution >= 4 is 17.1 Å². The van der Waals surface area contributed by atoms with E-state index in [0.29, 0.717) is 11.4 Å². The molecule has 0 aliphatic carbocycles. The molecule has 0 bridgehead atoms. The van der Waals surface area contributed by atoms with Crippen molar-refractivity contribution in [2.45, 2.75) is 13.8 Å². The van der Waals surface area contributed by atoms with Crippen LogP contribution in [0.3, 0.4) is 0 Å². The molecule has 0 saturated carbocycles. The Morgan fingerprint density at radius 3 is 2.21 bits per heavy atom. The summed E-state index contributed by atoms with van der Waals surface area (Å²) in [5.41, 5.74) is 9.67. The zero-order valence-electron chi connectivity index (χ0n) is 11.2. The first-order valence-corrected chi connectivity index (χ1v) is 5.95. The fourth-order valence-corrected chi connectivity index (χ4v) is 2.00. The number of rotatable bonds is 2. The van der Waals surface area contributed by atoms with E-state index in [0.717, 1.165) is 17.2 Å². The predicted molar refractivity (Wildman–Crippen MR) is 74.7 cm³/mol. The lowest BCUT2D eigenvalue weighted by Gasteiger charge is -2.23. The van der Waals surface area contributed by atoms with Gasteiger partial charge < -0.3 is 10.6 Å². The van der Waals surface area contributed by atoms with Crippen molar-refractivity contribution in [1.82, 2.24) is 0 Å². The number of benzene rings is 2. The summed E-state index contributed by atoms with van der Waals surface area (Å²) in [5.74, 6) is -1.21. The number of anilines is 3. The van der Waals surface area contributed by atoms with E-state index in [-0.39, 0.29) is 5.69 Å². The fourth-order valence-electron chi connectivity index (χ4n) is 2.00. The van der Waals surface area contributed by atoms with Gasteiger partial charge in [0.25, 0.3) is 0 Å². The van der Waals surface area contributed by atoms with Crippen molar-refractivity contribution in [2.24, 2.45) is 0 Å². The average molecular weight is 262 g/mol. The molecule has 2 aromatic rings. The van der Waals surface area contributed by atoms with Gasteiger partial charge in [0.2, 0.25) is 0 Å². The summed E-state index contributed by atoms with van der Waals surface area (Å²) in [4.78, 5) is 1.62. The quantitative estimate of drug-likeness (QED) is 0.831. The SMILES string of the molecule is Cc1cc(N)c(N(C)c2ccc(F)cc2F)cc1C. The van der Waals surface area contributed by atoms with Crippen LogP contribution in [0.2, 0.25) is 0 Å². The largest absolute Gasteiger partial charge is 0.397 e. The van der Waals surface area contributed by atoms with Gasteiger partial charge in [-0.05, 0) is 49.2 Å². The number of hydrogen-bond donors (Lipinski definition) is 1. The molecule has 0 spiro atoms. The number of nitrogens with two attached hydrogens (primary N) is 1.